The van der Waals surface area contributed by atoms with Crippen molar-refractivity contribution in [1.82, 2.24) is 0 Å². The summed E-state index contributed by atoms with van der Waals surface area (Å²) in [7, 11) is -1.15. The molecule has 1 heterocycles. The van der Waals surface area contributed by atoms with E-state index >= 15 is 0 Å². The van der Waals surface area contributed by atoms with Crippen molar-refractivity contribution >= 4 is 19.4 Å². The van der Waals surface area contributed by atoms with E-state index < -0.39 is 8.07 Å². The SMILES string of the molecule is C[Si](C)(C)C#CCCc1[c]scc1. The molecule has 1 radical (unpaired) electrons. The zero-order chi connectivity index (χ0) is 9.73. The van der Waals surface area contributed by atoms with Crippen molar-refractivity contribution in [2.24, 2.45) is 0 Å². The Labute approximate surface area is 86.0 Å². The van der Waals surface area contributed by atoms with Crippen LogP contribution in [-0.4, -0.2) is 8.07 Å². The molecular formula is C11H15SSi. The number of rotatable bonds is 2. The number of hydrogen-bond donors (Lipinski definition) is 0. The molecule has 0 nitrogen and oxygen atoms in total. The lowest BCUT2D eigenvalue weighted by Gasteiger charge is -2.02. The van der Waals surface area contributed by atoms with Gasteiger partial charge >= 0.3 is 0 Å². The van der Waals surface area contributed by atoms with Gasteiger partial charge in [0.1, 0.15) is 8.07 Å². The molecule has 0 fully saturated rings. The fourth-order valence-electron chi connectivity index (χ4n) is 0.919. The van der Waals surface area contributed by atoms with Gasteiger partial charge in [-0.05, 0) is 23.4 Å². The number of thiophene rings is 1. The Morgan fingerprint density at radius 1 is 1.46 bits per heavy atom. The molecule has 69 valence electrons. The van der Waals surface area contributed by atoms with Crippen molar-refractivity contribution in [3.8, 4) is 11.5 Å². The normalized spacial score (nSPS) is 10.7. The van der Waals surface area contributed by atoms with Crippen LogP contribution < -0.4 is 0 Å². The van der Waals surface area contributed by atoms with Crippen LogP contribution in [0.15, 0.2) is 11.4 Å². The molecule has 0 aliphatic carbocycles. The molecule has 0 aliphatic rings. The predicted octanol–water partition coefficient (Wildman–Crippen LogP) is 3.36. The minimum absolute atomic E-state index is 0.984. The van der Waals surface area contributed by atoms with Crippen LogP contribution in [0, 0.1) is 16.8 Å². The Hall–Kier alpha value is -0.523. The summed E-state index contributed by atoms with van der Waals surface area (Å²) in [6, 6.07) is 2.13. The van der Waals surface area contributed by atoms with Gasteiger partial charge in [-0.1, -0.05) is 19.6 Å². The van der Waals surface area contributed by atoms with E-state index in [4.69, 9.17) is 0 Å². The third-order valence-corrected chi connectivity index (χ3v) is 3.09. The van der Waals surface area contributed by atoms with Crippen LogP contribution in [0.1, 0.15) is 12.0 Å². The second kappa shape index (κ2) is 4.64. The van der Waals surface area contributed by atoms with Crippen LogP contribution in [0.25, 0.3) is 0 Å². The molecular weight excluding hydrogens is 192 g/mol. The highest BCUT2D eigenvalue weighted by Gasteiger charge is 2.06. The molecule has 0 amide bonds. The highest BCUT2D eigenvalue weighted by Crippen LogP contribution is 2.06. The van der Waals surface area contributed by atoms with Gasteiger partial charge in [0.05, 0.1) is 0 Å². The minimum Gasteiger partial charge on any atom is -0.143 e. The largest absolute Gasteiger partial charge is 0.143 e. The van der Waals surface area contributed by atoms with E-state index in [2.05, 4.69) is 47.9 Å². The molecule has 1 aromatic rings. The van der Waals surface area contributed by atoms with Gasteiger partial charge < -0.3 is 0 Å². The quantitative estimate of drug-likeness (QED) is 0.515. The Bertz CT molecular complexity index is 295. The number of aryl methyl sites for hydroxylation is 1. The summed E-state index contributed by atoms with van der Waals surface area (Å²) in [5, 5.41) is 5.29. The number of hydrogen-bond acceptors (Lipinski definition) is 1. The predicted molar refractivity (Wildman–Crippen MR) is 62.6 cm³/mol. The molecule has 0 unspecified atom stereocenters. The lowest BCUT2D eigenvalue weighted by atomic mass is 10.2. The second-order valence-electron chi connectivity index (χ2n) is 4.10. The van der Waals surface area contributed by atoms with Gasteiger partial charge in [-0.2, -0.15) is 0 Å². The van der Waals surface area contributed by atoms with Gasteiger partial charge in [-0.25, -0.2) is 0 Å². The van der Waals surface area contributed by atoms with E-state index in [1.54, 1.807) is 11.3 Å². The zero-order valence-electron chi connectivity index (χ0n) is 8.48. The van der Waals surface area contributed by atoms with Gasteiger partial charge in [0, 0.05) is 11.8 Å². The average Bonchev–Trinajstić information content (AvgIpc) is 2.48. The molecule has 0 N–H and O–H groups in total. The Kier molecular flexibility index (Phi) is 3.77. The summed E-state index contributed by atoms with van der Waals surface area (Å²) in [5.41, 5.74) is 4.66. The van der Waals surface area contributed by atoms with E-state index in [0.717, 1.165) is 12.8 Å². The fourth-order valence-corrected chi connectivity index (χ4v) is 2.20. The Balaban J connectivity index is 2.32. The van der Waals surface area contributed by atoms with Crippen LogP contribution >= 0.6 is 11.3 Å². The van der Waals surface area contributed by atoms with Crippen molar-refractivity contribution in [2.45, 2.75) is 32.5 Å². The molecule has 13 heavy (non-hydrogen) atoms. The van der Waals surface area contributed by atoms with Gasteiger partial charge in [0.25, 0.3) is 0 Å². The average molecular weight is 207 g/mol. The highest BCUT2D eigenvalue weighted by atomic mass is 32.1. The van der Waals surface area contributed by atoms with Gasteiger partial charge in [-0.15, -0.1) is 22.8 Å². The van der Waals surface area contributed by atoms with Crippen LogP contribution in [0.5, 0.6) is 0 Å². The first-order valence-electron chi connectivity index (χ1n) is 4.52. The second-order valence-corrected chi connectivity index (χ2v) is 9.56. The van der Waals surface area contributed by atoms with E-state index in [-0.39, 0.29) is 0 Å². The molecule has 0 saturated heterocycles. The van der Waals surface area contributed by atoms with Gasteiger partial charge in [0.2, 0.25) is 0 Å². The van der Waals surface area contributed by atoms with Crippen molar-refractivity contribution in [3.63, 3.8) is 0 Å². The standard InChI is InChI=1S/C11H15SSi/c1-13(2,3)9-5-4-6-11-7-8-12-10-11/h7-8H,4,6H2,1-3H3. The summed E-state index contributed by atoms with van der Waals surface area (Å²) >= 11 is 1.64. The molecule has 2 heteroatoms. The van der Waals surface area contributed by atoms with E-state index in [1.165, 1.54) is 5.56 Å². The summed E-state index contributed by atoms with van der Waals surface area (Å²) in [6.45, 7) is 6.82. The third-order valence-electron chi connectivity index (χ3n) is 1.51. The monoisotopic (exact) mass is 207 g/mol. The van der Waals surface area contributed by atoms with Crippen molar-refractivity contribution in [3.05, 3.63) is 22.4 Å². The van der Waals surface area contributed by atoms with Crippen LogP contribution in [0.2, 0.25) is 19.6 Å². The first-order valence-corrected chi connectivity index (χ1v) is 8.90. The summed E-state index contributed by atoms with van der Waals surface area (Å²) in [6.07, 6.45) is 2.04. The van der Waals surface area contributed by atoms with Crippen molar-refractivity contribution < 1.29 is 0 Å². The van der Waals surface area contributed by atoms with Gasteiger partial charge in [0.15, 0.2) is 0 Å². The third kappa shape index (κ3) is 4.92. The first-order chi connectivity index (χ1) is 6.08. The van der Waals surface area contributed by atoms with Crippen molar-refractivity contribution in [1.29, 1.82) is 0 Å². The molecule has 1 rings (SSSR count). The molecule has 0 atom stereocenters. The maximum absolute atomic E-state index is 3.36. The van der Waals surface area contributed by atoms with Gasteiger partial charge in [-0.3, -0.25) is 0 Å². The smallest absolute Gasteiger partial charge is 0.129 e. The van der Waals surface area contributed by atoms with E-state index in [9.17, 15) is 0 Å². The minimum atomic E-state index is -1.15. The lowest BCUT2D eigenvalue weighted by molar-refractivity contribution is 1.04. The molecule has 0 bridgehead atoms. The molecule has 0 spiro atoms. The molecule has 0 aliphatic heterocycles. The molecule has 1 aromatic heterocycles. The Morgan fingerprint density at radius 3 is 2.77 bits per heavy atom. The molecule has 0 saturated carbocycles. The topological polar surface area (TPSA) is 0 Å². The first kappa shape index (κ1) is 10.6. The van der Waals surface area contributed by atoms with E-state index in [0.29, 0.717) is 0 Å². The summed E-state index contributed by atoms with van der Waals surface area (Å²) < 4.78 is 0. The Morgan fingerprint density at radius 2 is 2.23 bits per heavy atom. The maximum atomic E-state index is 3.36. The summed E-state index contributed by atoms with van der Waals surface area (Å²) in [5.74, 6) is 3.26. The van der Waals surface area contributed by atoms with Crippen molar-refractivity contribution in [2.75, 3.05) is 0 Å². The summed E-state index contributed by atoms with van der Waals surface area (Å²) in [4.78, 5) is 0. The zero-order valence-corrected chi connectivity index (χ0v) is 10.3. The van der Waals surface area contributed by atoms with Crippen LogP contribution in [0.4, 0.5) is 0 Å². The van der Waals surface area contributed by atoms with Crippen LogP contribution in [-0.2, 0) is 6.42 Å². The lowest BCUT2D eigenvalue weighted by Crippen LogP contribution is -2.16. The van der Waals surface area contributed by atoms with E-state index in [1.807, 2.05) is 0 Å². The van der Waals surface area contributed by atoms with Crippen LogP contribution in [0.3, 0.4) is 0 Å². The highest BCUT2D eigenvalue weighted by molar-refractivity contribution is 7.07. The molecule has 0 aromatic carbocycles. The fraction of sp³-hybridized carbons (Fsp3) is 0.455. The maximum Gasteiger partial charge on any atom is 0.129 e.